The zero-order chi connectivity index (χ0) is 67.8. The van der Waals surface area contributed by atoms with Crippen LogP contribution in [0.2, 0.25) is 0 Å². The average molecular weight is 1310 g/mol. The lowest BCUT2D eigenvalue weighted by Gasteiger charge is -2.30. The van der Waals surface area contributed by atoms with E-state index in [9.17, 15) is 39.6 Å². The van der Waals surface area contributed by atoms with Gasteiger partial charge in [0.15, 0.2) is 0 Å². The predicted octanol–water partition coefficient (Wildman–Crippen LogP) is 20.5. The van der Waals surface area contributed by atoms with Gasteiger partial charge in [-0.2, -0.15) is 0 Å². The lowest BCUT2D eigenvalue weighted by atomic mass is 9.76. The minimum Gasteiger partial charge on any atom is -0.508 e. The molecule has 0 heterocycles. The van der Waals surface area contributed by atoms with Crippen LogP contribution in [0.25, 0.3) is 0 Å². The number of phenols is 4. The fourth-order valence-corrected chi connectivity index (χ4v) is 12.6. The SMILES string of the molecule is CCCCC[C@@H]1c2cc(c(O)cc2O)[C@@H](CCCCC)c2cc(c(OC(=O)OCc3ccccc3)cc2OC(=O)OCc2ccccc2)[C@@H](CCCCC)c2cc(c(O)cc2O)[C@H](CCCCC)c2cc1c(OC(=O)OCc1ccccc1)cc2OC(=O)OCc1ccccc1. The topological polar surface area (TPSA) is 223 Å². The molecule has 1 aliphatic carbocycles. The molecule has 4 N–H and O–H groups in total. The summed E-state index contributed by atoms with van der Waals surface area (Å²) < 4.78 is 48.5. The Morgan fingerprint density at radius 1 is 0.281 bits per heavy atom. The van der Waals surface area contributed by atoms with Crippen LogP contribution in [-0.4, -0.2) is 45.0 Å². The fraction of sp³-hybridized carbons (Fsp3) is 0.350. The quantitative estimate of drug-likeness (QED) is 0.0155. The van der Waals surface area contributed by atoms with Crippen molar-refractivity contribution in [1.29, 1.82) is 0 Å². The first-order valence-corrected chi connectivity index (χ1v) is 33.8. The van der Waals surface area contributed by atoms with Gasteiger partial charge >= 0.3 is 24.6 Å². The van der Waals surface area contributed by atoms with Crippen molar-refractivity contribution in [2.75, 3.05) is 0 Å². The molecule has 8 aromatic rings. The molecule has 0 aliphatic heterocycles. The van der Waals surface area contributed by atoms with Crippen molar-refractivity contribution in [1.82, 2.24) is 0 Å². The first-order valence-electron chi connectivity index (χ1n) is 33.8. The van der Waals surface area contributed by atoms with Crippen LogP contribution in [0.3, 0.4) is 0 Å². The maximum absolute atomic E-state index is 14.3. The monoisotopic (exact) mass is 1300 g/mol. The number of unbranched alkanes of at least 4 members (excludes halogenated alkanes) is 8. The van der Waals surface area contributed by atoms with Gasteiger partial charge in [-0.1, -0.05) is 226 Å². The molecule has 4 atom stereocenters. The van der Waals surface area contributed by atoms with Gasteiger partial charge in [-0.15, -0.1) is 0 Å². The molecule has 16 nitrogen and oxygen atoms in total. The van der Waals surface area contributed by atoms with Crippen LogP contribution in [0.4, 0.5) is 19.2 Å². The minimum absolute atomic E-state index is 0.0788. The molecule has 8 bridgehead atoms. The highest BCUT2D eigenvalue weighted by atomic mass is 16.7. The van der Waals surface area contributed by atoms with E-state index >= 15 is 0 Å². The Kier molecular flexibility index (Phi) is 26.0. The molecule has 96 heavy (non-hydrogen) atoms. The minimum atomic E-state index is -1.08. The van der Waals surface area contributed by atoms with Crippen LogP contribution in [0.15, 0.2) is 170 Å². The molecule has 504 valence electrons. The Bertz CT molecular complexity index is 3350. The third-order valence-electron chi connectivity index (χ3n) is 17.6. The van der Waals surface area contributed by atoms with Gasteiger partial charge in [-0.05, 0) is 72.2 Å². The summed E-state index contributed by atoms with van der Waals surface area (Å²) in [6.07, 6.45) is 5.65. The summed E-state index contributed by atoms with van der Waals surface area (Å²) in [5, 5.41) is 50.5. The number of phenolic OH excluding ortho intramolecular Hbond substituents is 4. The zero-order valence-electron chi connectivity index (χ0n) is 55.3. The number of carbonyl (C=O) groups is 4. The Balaban J connectivity index is 1.36. The van der Waals surface area contributed by atoms with Crippen molar-refractivity contribution in [2.45, 2.75) is 181 Å². The summed E-state index contributed by atoms with van der Waals surface area (Å²) in [5.74, 6) is -4.87. The molecule has 1 aliphatic rings. The Morgan fingerprint density at radius 2 is 0.490 bits per heavy atom. The summed E-state index contributed by atoms with van der Waals surface area (Å²) >= 11 is 0. The van der Waals surface area contributed by atoms with Crippen LogP contribution in [0.1, 0.15) is 221 Å². The second kappa shape index (κ2) is 35.5. The van der Waals surface area contributed by atoms with Gasteiger partial charge in [0.2, 0.25) is 0 Å². The summed E-state index contributed by atoms with van der Waals surface area (Å²) in [7, 11) is 0. The number of hydrogen-bond acceptors (Lipinski definition) is 16. The Hall–Kier alpha value is -9.96. The standard InChI is InChI=1S/C80H88O16/c1-5-9-17-37-57-61-41-62(70(82)45-69(61)81)58(38-18-10-6-2)67-44-68(76(96-80(88)92-52-56-35-27-16-28-36-56)48-75(67)95-79(87)91-51-55-33-25-15-26-34-55)60(40-20-12-8-4)64-42-63(71(83)46-72(64)84)59(39-19-11-7-3)66-43-65(57)73(93-77(85)89-49-53-29-21-13-22-30-53)47-74(66)94-78(86)90-50-54-31-23-14-24-32-54/h13-16,21-36,41-48,57-60,81-84H,5-12,17-20,37-40,49-52H2,1-4H3/t57-,58-,59+,60+. The largest absolute Gasteiger partial charge is 0.514 e. The molecule has 0 saturated heterocycles. The number of aromatic hydroxyl groups is 4. The van der Waals surface area contributed by atoms with Crippen molar-refractivity contribution >= 4 is 24.6 Å². The second-order valence-corrected chi connectivity index (χ2v) is 24.5. The van der Waals surface area contributed by atoms with Crippen LogP contribution >= 0.6 is 0 Å². The third kappa shape index (κ3) is 19.1. The molecule has 0 saturated carbocycles. The Labute approximate surface area is 562 Å². The number of carbonyl (C=O) groups excluding carboxylic acids is 4. The molecule has 0 unspecified atom stereocenters. The zero-order valence-corrected chi connectivity index (χ0v) is 55.3. The average Bonchev–Trinajstić information content (AvgIpc) is 0.755. The van der Waals surface area contributed by atoms with Crippen LogP contribution < -0.4 is 18.9 Å². The predicted molar refractivity (Wildman–Crippen MR) is 365 cm³/mol. The van der Waals surface area contributed by atoms with E-state index in [0.717, 1.165) is 51.4 Å². The molecular formula is C80H88O16. The molecule has 8 aromatic carbocycles. The first kappa shape index (κ1) is 70.4. The van der Waals surface area contributed by atoms with Gasteiger partial charge in [-0.25, -0.2) is 19.2 Å². The summed E-state index contributed by atoms with van der Waals surface area (Å²) in [5.41, 5.74) is 5.58. The van der Waals surface area contributed by atoms with Crippen LogP contribution in [-0.2, 0) is 45.4 Å². The van der Waals surface area contributed by atoms with E-state index in [1.54, 1.807) is 72.8 Å². The highest BCUT2D eigenvalue weighted by Gasteiger charge is 2.36. The number of ether oxygens (including phenoxy) is 8. The molecular weight excluding hydrogens is 1220 g/mol. The second-order valence-electron chi connectivity index (χ2n) is 24.5. The lowest BCUT2D eigenvalue weighted by Crippen LogP contribution is -2.18. The van der Waals surface area contributed by atoms with Crippen molar-refractivity contribution in [3.05, 3.63) is 237 Å². The van der Waals surface area contributed by atoms with Gasteiger partial charge < -0.3 is 58.3 Å². The number of benzene rings is 8. The third-order valence-corrected chi connectivity index (χ3v) is 17.6. The van der Waals surface area contributed by atoms with Gasteiger partial charge in [0.25, 0.3) is 0 Å². The Morgan fingerprint density at radius 3 is 0.698 bits per heavy atom. The van der Waals surface area contributed by atoms with Gasteiger partial charge in [0, 0.05) is 92.4 Å². The molecule has 0 amide bonds. The van der Waals surface area contributed by atoms with E-state index in [0.29, 0.717) is 118 Å². The molecule has 0 spiro atoms. The van der Waals surface area contributed by atoms with Crippen LogP contribution in [0.5, 0.6) is 46.0 Å². The molecule has 9 rings (SSSR count). The van der Waals surface area contributed by atoms with Gasteiger partial charge in [-0.3, -0.25) is 0 Å². The highest BCUT2D eigenvalue weighted by Crippen LogP contribution is 2.53. The van der Waals surface area contributed by atoms with Crippen molar-refractivity contribution in [2.24, 2.45) is 0 Å². The summed E-state index contributed by atoms with van der Waals surface area (Å²) in [6, 6.07) is 48.9. The fourth-order valence-electron chi connectivity index (χ4n) is 12.6. The maximum Gasteiger partial charge on any atom is 0.514 e. The van der Waals surface area contributed by atoms with Gasteiger partial charge in [0.1, 0.15) is 72.4 Å². The first-order chi connectivity index (χ1) is 46.7. The summed E-state index contributed by atoms with van der Waals surface area (Å²) in [4.78, 5) is 57.4. The van der Waals surface area contributed by atoms with E-state index in [1.807, 2.05) is 72.8 Å². The van der Waals surface area contributed by atoms with Crippen molar-refractivity contribution < 1.29 is 77.5 Å². The van der Waals surface area contributed by atoms with E-state index in [4.69, 9.17) is 37.9 Å². The highest BCUT2D eigenvalue weighted by molar-refractivity contribution is 5.72. The number of rotatable bonds is 28. The van der Waals surface area contributed by atoms with E-state index in [1.165, 1.54) is 24.3 Å². The molecule has 16 heteroatoms. The van der Waals surface area contributed by atoms with E-state index in [-0.39, 0.29) is 72.4 Å². The molecule has 0 radical (unpaired) electrons. The van der Waals surface area contributed by atoms with E-state index in [2.05, 4.69) is 27.7 Å². The van der Waals surface area contributed by atoms with E-state index < -0.39 is 48.3 Å². The summed E-state index contributed by atoms with van der Waals surface area (Å²) in [6.45, 7) is 7.69. The van der Waals surface area contributed by atoms with Crippen molar-refractivity contribution in [3.63, 3.8) is 0 Å². The van der Waals surface area contributed by atoms with Crippen LogP contribution in [0, 0.1) is 0 Å². The molecule has 0 aromatic heterocycles. The molecule has 0 fully saturated rings. The lowest BCUT2D eigenvalue weighted by molar-refractivity contribution is 0.0888. The maximum atomic E-state index is 14.3. The normalized spacial score (nSPS) is 14.8. The number of hydrogen-bond donors (Lipinski definition) is 4. The van der Waals surface area contributed by atoms with Crippen molar-refractivity contribution in [3.8, 4) is 46.0 Å². The van der Waals surface area contributed by atoms with Gasteiger partial charge in [0.05, 0.1) is 0 Å². The smallest absolute Gasteiger partial charge is 0.508 e. The number of fused-ring (bicyclic) bond motifs is 8.